The van der Waals surface area contributed by atoms with Crippen molar-refractivity contribution in [2.75, 3.05) is 11.9 Å². The summed E-state index contributed by atoms with van der Waals surface area (Å²) < 4.78 is 0. The van der Waals surface area contributed by atoms with Gasteiger partial charge >= 0.3 is 0 Å². The Morgan fingerprint density at radius 1 is 1.57 bits per heavy atom. The Morgan fingerprint density at radius 3 is 2.93 bits per heavy atom. The smallest absolute Gasteiger partial charge is 0.182 e. The van der Waals surface area contributed by atoms with Gasteiger partial charge in [-0.05, 0) is 19.9 Å². The maximum atomic E-state index is 8.74. The van der Waals surface area contributed by atoms with Gasteiger partial charge in [-0.1, -0.05) is 0 Å². The molecule has 0 aliphatic heterocycles. The Bertz CT molecular complexity index is 330. The quantitative estimate of drug-likeness (QED) is 0.723. The molecule has 0 bridgehead atoms. The average Bonchev–Trinajstić information content (AvgIpc) is 2.19. The molecular weight excluding hydrogens is 178 g/mol. The average molecular weight is 191 g/mol. The van der Waals surface area contributed by atoms with Crippen molar-refractivity contribution in [1.82, 2.24) is 9.97 Å². The predicted octanol–water partition coefficient (Wildman–Crippen LogP) is 0.497. The van der Waals surface area contributed by atoms with Crippen molar-refractivity contribution in [2.24, 2.45) is 5.73 Å². The van der Waals surface area contributed by atoms with Crippen LogP contribution in [-0.4, -0.2) is 22.6 Å². The number of nitrogens with two attached hydrogens (primary N) is 1. The molecule has 3 N–H and O–H groups in total. The van der Waals surface area contributed by atoms with Crippen LogP contribution in [0, 0.1) is 11.3 Å². The van der Waals surface area contributed by atoms with E-state index in [1.165, 1.54) is 6.20 Å². The van der Waals surface area contributed by atoms with Crippen LogP contribution in [0.15, 0.2) is 12.4 Å². The fraction of sp³-hybridized carbons (Fsp3) is 0.444. The van der Waals surface area contributed by atoms with Crippen molar-refractivity contribution in [2.45, 2.75) is 19.4 Å². The van der Waals surface area contributed by atoms with Crippen molar-refractivity contribution in [3.63, 3.8) is 0 Å². The van der Waals surface area contributed by atoms with Gasteiger partial charge in [0.2, 0.25) is 0 Å². The first-order valence-corrected chi connectivity index (χ1v) is 4.45. The summed E-state index contributed by atoms with van der Waals surface area (Å²) in [6.45, 7) is 2.60. The van der Waals surface area contributed by atoms with Crippen LogP contribution < -0.4 is 11.1 Å². The molecular formula is C9H13N5. The minimum Gasteiger partial charge on any atom is -0.365 e. The molecule has 0 saturated heterocycles. The Balaban J connectivity index is 2.71. The summed E-state index contributed by atoms with van der Waals surface area (Å²) in [5, 5.41) is 11.8. The van der Waals surface area contributed by atoms with Gasteiger partial charge in [0, 0.05) is 18.4 Å². The van der Waals surface area contributed by atoms with E-state index in [9.17, 15) is 0 Å². The van der Waals surface area contributed by atoms with Crippen molar-refractivity contribution < 1.29 is 0 Å². The second-order valence-corrected chi connectivity index (χ2v) is 2.99. The molecule has 0 fully saturated rings. The Morgan fingerprint density at radius 2 is 2.29 bits per heavy atom. The summed E-state index contributed by atoms with van der Waals surface area (Å²) in [6, 6.07) is 2.17. The molecule has 1 aromatic rings. The van der Waals surface area contributed by atoms with E-state index in [-0.39, 0.29) is 6.04 Å². The number of anilines is 1. The SMILES string of the molecule is CC(CCN)Nc1nccnc1C#N. The number of aromatic nitrogens is 2. The second-order valence-electron chi connectivity index (χ2n) is 2.99. The third-order valence-corrected chi connectivity index (χ3v) is 1.79. The highest BCUT2D eigenvalue weighted by molar-refractivity contribution is 5.47. The Hall–Kier alpha value is -1.67. The topological polar surface area (TPSA) is 87.6 Å². The van der Waals surface area contributed by atoms with Gasteiger partial charge in [0.15, 0.2) is 11.5 Å². The van der Waals surface area contributed by atoms with E-state index in [1.54, 1.807) is 6.20 Å². The van der Waals surface area contributed by atoms with Gasteiger partial charge in [-0.2, -0.15) is 5.26 Å². The fourth-order valence-electron chi connectivity index (χ4n) is 1.08. The van der Waals surface area contributed by atoms with Crippen molar-refractivity contribution >= 4 is 5.82 Å². The molecule has 0 radical (unpaired) electrons. The van der Waals surface area contributed by atoms with Crippen LogP contribution in [0.5, 0.6) is 0 Å². The van der Waals surface area contributed by atoms with Gasteiger partial charge in [-0.25, -0.2) is 9.97 Å². The van der Waals surface area contributed by atoms with Gasteiger partial charge in [0.1, 0.15) is 6.07 Å². The van der Waals surface area contributed by atoms with Crippen LogP contribution in [0.25, 0.3) is 0 Å². The molecule has 0 aliphatic rings. The first-order chi connectivity index (χ1) is 6.77. The number of hydrogen-bond acceptors (Lipinski definition) is 5. The molecule has 1 rings (SSSR count). The predicted molar refractivity (Wildman–Crippen MR) is 53.5 cm³/mol. The lowest BCUT2D eigenvalue weighted by Crippen LogP contribution is -2.20. The Labute approximate surface area is 83.0 Å². The minimum absolute atomic E-state index is 0.198. The van der Waals surface area contributed by atoms with E-state index in [0.717, 1.165) is 6.42 Å². The zero-order chi connectivity index (χ0) is 10.4. The molecule has 0 aliphatic carbocycles. The first-order valence-electron chi connectivity index (χ1n) is 4.45. The van der Waals surface area contributed by atoms with Gasteiger partial charge in [0.05, 0.1) is 0 Å². The largest absolute Gasteiger partial charge is 0.365 e. The van der Waals surface area contributed by atoms with Crippen LogP contribution in [0.4, 0.5) is 5.82 Å². The lowest BCUT2D eigenvalue weighted by Gasteiger charge is -2.13. The molecule has 14 heavy (non-hydrogen) atoms. The number of nitrogens with one attached hydrogen (secondary N) is 1. The summed E-state index contributed by atoms with van der Waals surface area (Å²) in [7, 11) is 0. The van der Waals surface area contributed by atoms with Crippen LogP contribution in [-0.2, 0) is 0 Å². The third-order valence-electron chi connectivity index (χ3n) is 1.79. The van der Waals surface area contributed by atoms with E-state index >= 15 is 0 Å². The molecule has 0 saturated carbocycles. The lowest BCUT2D eigenvalue weighted by molar-refractivity contribution is 0.712. The summed E-state index contributed by atoms with van der Waals surface area (Å²) in [6.07, 6.45) is 3.89. The summed E-state index contributed by atoms with van der Waals surface area (Å²) in [5.41, 5.74) is 5.73. The lowest BCUT2D eigenvalue weighted by atomic mass is 10.2. The maximum absolute atomic E-state index is 8.74. The summed E-state index contributed by atoms with van der Waals surface area (Å²) in [5.74, 6) is 0.524. The molecule has 5 heteroatoms. The van der Waals surface area contributed by atoms with E-state index < -0.39 is 0 Å². The number of rotatable bonds is 4. The normalized spacial score (nSPS) is 11.8. The molecule has 5 nitrogen and oxygen atoms in total. The van der Waals surface area contributed by atoms with E-state index in [2.05, 4.69) is 15.3 Å². The molecule has 1 atom stereocenters. The summed E-state index contributed by atoms with van der Waals surface area (Å²) in [4.78, 5) is 7.93. The molecule has 74 valence electrons. The van der Waals surface area contributed by atoms with Crippen molar-refractivity contribution in [1.29, 1.82) is 5.26 Å². The minimum atomic E-state index is 0.198. The summed E-state index contributed by atoms with van der Waals surface area (Å²) >= 11 is 0. The third kappa shape index (κ3) is 2.68. The van der Waals surface area contributed by atoms with Gasteiger partial charge in [0.25, 0.3) is 0 Å². The number of nitrogens with zero attached hydrogens (tertiary/aromatic N) is 3. The van der Waals surface area contributed by atoms with E-state index in [0.29, 0.717) is 18.1 Å². The molecule has 0 spiro atoms. The van der Waals surface area contributed by atoms with Crippen LogP contribution >= 0.6 is 0 Å². The number of hydrogen-bond donors (Lipinski definition) is 2. The van der Waals surface area contributed by atoms with Crippen LogP contribution in [0.1, 0.15) is 19.0 Å². The standard InChI is InChI=1S/C9H13N5/c1-7(2-3-10)14-9-8(6-11)12-4-5-13-9/h4-5,7H,2-3,10H2,1H3,(H,13,14). The van der Waals surface area contributed by atoms with Crippen LogP contribution in [0.3, 0.4) is 0 Å². The van der Waals surface area contributed by atoms with Gasteiger partial charge in [-0.15, -0.1) is 0 Å². The zero-order valence-corrected chi connectivity index (χ0v) is 8.07. The zero-order valence-electron chi connectivity index (χ0n) is 8.07. The molecule has 1 heterocycles. The Kier molecular flexibility index (Phi) is 3.83. The van der Waals surface area contributed by atoms with Crippen molar-refractivity contribution in [3.05, 3.63) is 18.1 Å². The molecule has 1 unspecified atom stereocenters. The highest BCUT2D eigenvalue weighted by Gasteiger charge is 2.06. The highest BCUT2D eigenvalue weighted by atomic mass is 15.0. The molecule has 0 amide bonds. The van der Waals surface area contributed by atoms with Crippen LogP contribution in [0.2, 0.25) is 0 Å². The van der Waals surface area contributed by atoms with E-state index in [4.69, 9.17) is 11.0 Å². The fourth-order valence-corrected chi connectivity index (χ4v) is 1.08. The number of nitriles is 1. The van der Waals surface area contributed by atoms with E-state index in [1.807, 2.05) is 13.0 Å². The monoisotopic (exact) mass is 191 g/mol. The van der Waals surface area contributed by atoms with Gasteiger partial charge in [-0.3, -0.25) is 0 Å². The van der Waals surface area contributed by atoms with Crippen molar-refractivity contribution in [3.8, 4) is 6.07 Å². The highest BCUT2D eigenvalue weighted by Crippen LogP contribution is 2.08. The second kappa shape index (κ2) is 5.14. The molecule has 1 aromatic heterocycles. The maximum Gasteiger partial charge on any atom is 0.182 e. The first kappa shape index (κ1) is 10.4. The molecule has 0 aromatic carbocycles. The van der Waals surface area contributed by atoms with Gasteiger partial charge < -0.3 is 11.1 Å².